The van der Waals surface area contributed by atoms with Gasteiger partial charge < -0.3 is 20.5 Å². The molecule has 1 atom stereocenters. The monoisotopic (exact) mass is 459 g/mol. The van der Waals surface area contributed by atoms with Crippen molar-refractivity contribution >= 4 is 34.7 Å². The number of anilines is 4. The smallest absolute Gasteiger partial charge is 0.250 e. The summed E-state index contributed by atoms with van der Waals surface area (Å²) < 4.78 is 1.76. The number of nitrogens with one attached hydrogen (secondary N) is 4. The standard InChI is InChI=1S/C23H25N9O2/c1-23(21(34)25-15-7-8-19(33)24-13-15)9-3-10-31(23)22-27-20(17-4-2-11-32(17)30-22)26-18-12-16(28-29-18)14-5-6-14/h2,4,7-8,11-14H,3,5-6,9-10H2,1H3,(H,24,33)(H,25,34)(H2,26,27,28,29,30)/t23-/m0/s1. The molecule has 11 heteroatoms. The molecule has 1 aliphatic heterocycles. The molecule has 0 spiro atoms. The predicted octanol–water partition coefficient (Wildman–Crippen LogP) is 2.76. The van der Waals surface area contributed by atoms with Gasteiger partial charge in [-0.15, -0.1) is 5.10 Å². The van der Waals surface area contributed by atoms with E-state index in [1.54, 1.807) is 10.6 Å². The average molecular weight is 460 g/mol. The van der Waals surface area contributed by atoms with E-state index in [0.717, 1.165) is 17.6 Å². The molecule has 1 saturated carbocycles. The number of hydrogen-bond acceptors (Lipinski definition) is 7. The first-order valence-corrected chi connectivity index (χ1v) is 11.5. The molecule has 4 aromatic heterocycles. The number of rotatable bonds is 6. The summed E-state index contributed by atoms with van der Waals surface area (Å²) in [6.07, 6.45) is 7.22. The van der Waals surface area contributed by atoms with E-state index in [4.69, 9.17) is 10.1 Å². The van der Waals surface area contributed by atoms with Gasteiger partial charge in [-0.1, -0.05) is 0 Å². The highest BCUT2D eigenvalue weighted by Crippen LogP contribution is 2.40. The molecule has 174 valence electrons. The lowest BCUT2D eigenvalue weighted by Crippen LogP contribution is -2.51. The summed E-state index contributed by atoms with van der Waals surface area (Å²) in [6, 6.07) is 8.84. The Kier molecular flexibility index (Phi) is 4.64. The van der Waals surface area contributed by atoms with E-state index in [0.29, 0.717) is 42.2 Å². The van der Waals surface area contributed by atoms with Crippen LogP contribution in [0.3, 0.4) is 0 Å². The van der Waals surface area contributed by atoms with Crippen LogP contribution in [0.15, 0.2) is 47.5 Å². The molecule has 1 aliphatic carbocycles. The second-order valence-corrected chi connectivity index (χ2v) is 9.13. The molecule has 6 rings (SSSR count). The summed E-state index contributed by atoms with van der Waals surface area (Å²) in [5.74, 6) is 2.18. The molecule has 4 N–H and O–H groups in total. The van der Waals surface area contributed by atoms with Crippen molar-refractivity contribution in [3.63, 3.8) is 0 Å². The number of pyridine rings is 1. The van der Waals surface area contributed by atoms with Crippen molar-refractivity contribution in [3.8, 4) is 0 Å². The van der Waals surface area contributed by atoms with Crippen LogP contribution in [0.1, 0.15) is 44.2 Å². The van der Waals surface area contributed by atoms with Crippen molar-refractivity contribution in [3.05, 3.63) is 58.8 Å². The first kappa shape index (κ1) is 20.5. The number of carbonyl (C=O) groups is 1. The van der Waals surface area contributed by atoms with E-state index in [1.807, 2.05) is 36.2 Å². The molecule has 4 aromatic rings. The van der Waals surface area contributed by atoms with Crippen LogP contribution in [0.4, 0.5) is 23.3 Å². The second kappa shape index (κ2) is 7.72. The van der Waals surface area contributed by atoms with Crippen LogP contribution in [-0.2, 0) is 4.79 Å². The minimum atomic E-state index is -0.848. The maximum atomic E-state index is 13.3. The van der Waals surface area contributed by atoms with Crippen LogP contribution < -0.4 is 21.1 Å². The lowest BCUT2D eigenvalue weighted by molar-refractivity contribution is -0.120. The predicted molar refractivity (Wildman–Crippen MR) is 128 cm³/mol. The fourth-order valence-electron chi connectivity index (χ4n) is 4.53. The Morgan fingerprint density at radius 2 is 2.15 bits per heavy atom. The highest BCUT2D eigenvalue weighted by atomic mass is 16.2. The van der Waals surface area contributed by atoms with Crippen molar-refractivity contribution < 1.29 is 4.79 Å². The zero-order valence-electron chi connectivity index (χ0n) is 18.7. The van der Waals surface area contributed by atoms with Crippen molar-refractivity contribution in [2.45, 2.75) is 44.1 Å². The van der Waals surface area contributed by atoms with E-state index in [1.165, 1.54) is 25.1 Å². The zero-order valence-corrected chi connectivity index (χ0v) is 18.7. The Bertz CT molecular complexity index is 1410. The lowest BCUT2D eigenvalue weighted by Gasteiger charge is -2.34. The van der Waals surface area contributed by atoms with Gasteiger partial charge in [0.1, 0.15) is 11.1 Å². The van der Waals surface area contributed by atoms with E-state index in [9.17, 15) is 9.59 Å². The summed E-state index contributed by atoms with van der Waals surface area (Å²) in [6.45, 7) is 2.54. The van der Waals surface area contributed by atoms with Gasteiger partial charge >= 0.3 is 0 Å². The average Bonchev–Trinajstić information content (AvgIpc) is 3.20. The molecule has 2 aliphatic rings. The number of aromatic nitrogens is 6. The van der Waals surface area contributed by atoms with Crippen LogP contribution in [0.25, 0.3) is 5.52 Å². The van der Waals surface area contributed by atoms with E-state index >= 15 is 0 Å². The molecule has 0 aromatic carbocycles. The molecular formula is C23H25N9O2. The minimum Gasteiger partial charge on any atom is -0.327 e. The summed E-state index contributed by atoms with van der Waals surface area (Å²) in [5, 5.41) is 18.4. The number of nitrogens with zero attached hydrogens (tertiary/aromatic N) is 5. The molecule has 11 nitrogen and oxygen atoms in total. The molecule has 1 amide bonds. The SMILES string of the molecule is C[C@@]1(C(=O)Nc2ccc(=O)[nH]c2)CCCN1c1nc(Nc2cc(C3CC3)[nH]n2)c2cccn2n1. The van der Waals surface area contributed by atoms with Crippen LogP contribution in [-0.4, -0.2) is 47.8 Å². The second-order valence-electron chi connectivity index (χ2n) is 9.13. The van der Waals surface area contributed by atoms with Crippen molar-refractivity contribution in [2.75, 3.05) is 22.1 Å². The fourth-order valence-corrected chi connectivity index (χ4v) is 4.53. The number of H-pyrrole nitrogens is 2. The zero-order chi connectivity index (χ0) is 23.3. The topological polar surface area (TPSA) is 136 Å². The molecule has 2 fully saturated rings. The maximum Gasteiger partial charge on any atom is 0.250 e. The molecular weight excluding hydrogens is 434 g/mol. The van der Waals surface area contributed by atoms with Crippen LogP contribution in [0.2, 0.25) is 0 Å². The maximum absolute atomic E-state index is 13.3. The molecule has 0 unspecified atom stereocenters. The van der Waals surface area contributed by atoms with Crippen molar-refractivity contribution in [2.24, 2.45) is 0 Å². The number of hydrogen-bond donors (Lipinski definition) is 4. The largest absolute Gasteiger partial charge is 0.327 e. The van der Waals surface area contributed by atoms with Gasteiger partial charge in [-0.25, -0.2) is 4.52 Å². The van der Waals surface area contributed by atoms with Gasteiger partial charge in [-0.05, 0) is 50.8 Å². The Hall–Kier alpha value is -4.15. The normalized spacial score (nSPS) is 20.1. The van der Waals surface area contributed by atoms with E-state index < -0.39 is 5.54 Å². The van der Waals surface area contributed by atoms with Crippen LogP contribution in [0, 0.1) is 0 Å². The third-order valence-corrected chi connectivity index (χ3v) is 6.65. The van der Waals surface area contributed by atoms with Gasteiger partial charge in [-0.2, -0.15) is 10.1 Å². The van der Waals surface area contributed by atoms with Gasteiger partial charge in [0.2, 0.25) is 17.4 Å². The minimum absolute atomic E-state index is 0.177. The Labute approximate surface area is 194 Å². The number of carbonyl (C=O) groups excluding carboxylic acids is 1. The molecule has 1 saturated heterocycles. The summed E-state index contributed by atoms with van der Waals surface area (Å²) in [4.78, 5) is 34.0. The number of amides is 1. The van der Waals surface area contributed by atoms with Gasteiger partial charge in [0.05, 0.1) is 5.69 Å². The van der Waals surface area contributed by atoms with Crippen molar-refractivity contribution in [1.29, 1.82) is 0 Å². The highest BCUT2D eigenvalue weighted by Gasteiger charge is 2.45. The number of fused-ring (bicyclic) bond motifs is 1. The third kappa shape index (κ3) is 3.58. The summed E-state index contributed by atoms with van der Waals surface area (Å²) >= 11 is 0. The van der Waals surface area contributed by atoms with Gasteiger partial charge in [0, 0.05) is 42.7 Å². The van der Waals surface area contributed by atoms with Crippen molar-refractivity contribution in [1.82, 2.24) is 29.8 Å². The highest BCUT2D eigenvalue weighted by molar-refractivity contribution is 6.00. The summed E-state index contributed by atoms with van der Waals surface area (Å²) in [7, 11) is 0. The van der Waals surface area contributed by atoms with Gasteiger partial charge in [0.25, 0.3) is 0 Å². The molecule has 0 radical (unpaired) electrons. The van der Waals surface area contributed by atoms with Gasteiger partial charge in [0.15, 0.2) is 11.6 Å². The first-order valence-electron chi connectivity index (χ1n) is 11.5. The van der Waals surface area contributed by atoms with E-state index in [2.05, 4.69) is 25.8 Å². The number of aromatic amines is 2. The molecule has 5 heterocycles. The van der Waals surface area contributed by atoms with Crippen LogP contribution in [0.5, 0.6) is 0 Å². The molecule has 34 heavy (non-hydrogen) atoms. The summed E-state index contributed by atoms with van der Waals surface area (Å²) in [5.41, 5.74) is 1.42. The fraction of sp³-hybridized carbons (Fsp3) is 0.348. The lowest BCUT2D eigenvalue weighted by atomic mass is 9.97. The van der Waals surface area contributed by atoms with Crippen LogP contribution >= 0.6 is 0 Å². The Balaban J connectivity index is 1.31. The third-order valence-electron chi connectivity index (χ3n) is 6.65. The van der Waals surface area contributed by atoms with Gasteiger partial charge in [-0.3, -0.25) is 14.7 Å². The molecule has 0 bridgehead atoms. The Morgan fingerprint density at radius 3 is 2.94 bits per heavy atom. The van der Waals surface area contributed by atoms with E-state index in [-0.39, 0.29) is 11.5 Å². The Morgan fingerprint density at radius 1 is 1.26 bits per heavy atom. The first-order chi connectivity index (χ1) is 16.5. The quantitative estimate of drug-likeness (QED) is 0.348.